The van der Waals surface area contributed by atoms with Crippen LogP contribution in [0.2, 0.25) is 0 Å². The Labute approximate surface area is 204 Å². The highest BCUT2D eigenvalue weighted by Gasteiger charge is 2.38. The second kappa shape index (κ2) is 13.2. The van der Waals surface area contributed by atoms with Crippen molar-refractivity contribution < 1.29 is 23.1 Å². The van der Waals surface area contributed by atoms with E-state index in [1.807, 2.05) is 6.07 Å². The number of hydrogen-bond acceptors (Lipinski definition) is 6. The average Bonchev–Trinajstić information content (AvgIpc) is 3.22. The van der Waals surface area contributed by atoms with Gasteiger partial charge in [0.1, 0.15) is 6.07 Å². The third-order valence-corrected chi connectivity index (χ3v) is 6.04. The van der Waals surface area contributed by atoms with E-state index in [0.717, 1.165) is 48.9 Å². The van der Waals surface area contributed by atoms with Gasteiger partial charge in [-0.25, -0.2) is 14.8 Å². The Kier molecular flexibility index (Phi) is 10.6. The topological polar surface area (TPSA) is 102 Å². The van der Waals surface area contributed by atoms with Crippen LogP contribution in [-0.2, 0) is 11.2 Å². The highest BCUT2D eigenvalue weighted by molar-refractivity contribution is 5.73. The molecule has 0 radical (unpaired) electrons. The number of nitriles is 1. The molecule has 0 amide bonds. The Balaban J connectivity index is 0.000000540. The van der Waals surface area contributed by atoms with Crippen LogP contribution >= 0.6 is 0 Å². The summed E-state index contributed by atoms with van der Waals surface area (Å²) in [5, 5.41) is 20.0. The Morgan fingerprint density at radius 2 is 1.94 bits per heavy atom. The first-order valence-electron chi connectivity index (χ1n) is 11.6. The monoisotopic (exact) mass is 491 g/mol. The van der Waals surface area contributed by atoms with Gasteiger partial charge in [-0.1, -0.05) is 12.1 Å². The first-order chi connectivity index (χ1) is 16.5. The molecule has 10 heteroatoms. The van der Waals surface area contributed by atoms with Gasteiger partial charge in [0.15, 0.2) is 0 Å². The van der Waals surface area contributed by atoms with Crippen molar-refractivity contribution >= 4 is 5.97 Å². The first-order valence-corrected chi connectivity index (χ1v) is 11.6. The maximum Gasteiger partial charge on any atom is 0.490 e. The summed E-state index contributed by atoms with van der Waals surface area (Å²) in [5.41, 5.74) is 5.31. The molecule has 0 saturated carbocycles. The Bertz CT molecular complexity index is 1040. The predicted octanol–water partition coefficient (Wildman–Crippen LogP) is 4.27. The minimum Gasteiger partial charge on any atom is -0.475 e. The Hall–Kier alpha value is -3.03. The van der Waals surface area contributed by atoms with E-state index in [1.54, 1.807) is 0 Å². The zero-order valence-electron chi connectivity index (χ0n) is 20.3. The minimum atomic E-state index is -5.08. The number of benzene rings is 1. The lowest BCUT2D eigenvalue weighted by Gasteiger charge is -2.19. The molecule has 3 rings (SSSR count). The van der Waals surface area contributed by atoms with Crippen molar-refractivity contribution in [3.63, 3.8) is 0 Å². The molecular formula is C25H32F3N5O2. The van der Waals surface area contributed by atoms with Crippen LogP contribution in [0.15, 0.2) is 24.3 Å². The third kappa shape index (κ3) is 9.26. The van der Waals surface area contributed by atoms with Crippen LogP contribution in [0.1, 0.15) is 48.3 Å². The Morgan fingerprint density at radius 1 is 1.23 bits per heavy atom. The van der Waals surface area contributed by atoms with Crippen LogP contribution in [0.3, 0.4) is 0 Å². The molecular weight excluding hydrogens is 459 g/mol. The number of nitrogens with zero attached hydrogens (tertiary/aromatic N) is 4. The normalized spacial score (nSPS) is 15.9. The average molecular weight is 492 g/mol. The lowest BCUT2D eigenvalue weighted by molar-refractivity contribution is -0.192. The third-order valence-electron chi connectivity index (χ3n) is 6.04. The number of carbonyl (C=O) groups is 1. The van der Waals surface area contributed by atoms with Crippen molar-refractivity contribution in [2.75, 3.05) is 26.7 Å². The molecule has 2 N–H and O–H groups in total. The van der Waals surface area contributed by atoms with Gasteiger partial charge in [0, 0.05) is 17.3 Å². The van der Waals surface area contributed by atoms with Crippen LogP contribution in [0, 0.1) is 25.2 Å². The highest BCUT2D eigenvalue weighted by Crippen LogP contribution is 2.22. The van der Waals surface area contributed by atoms with Crippen LogP contribution in [0.4, 0.5) is 13.2 Å². The fourth-order valence-electron chi connectivity index (χ4n) is 3.86. The van der Waals surface area contributed by atoms with Gasteiger partial charge >= 0.3 is 12.1 Å². The van der Waals surface area contributed by atoms with Gasteiger partial charge in [-0.15, -0.1) is 0 Å². The van der Waals surface area contributed by atoms with E-state index in [2.05, 4.69) is 65.3 Å². The Morgan fingerprint density at radius 3 is 2.51 bits per heavy atom. The number of aryl methyl sites for hydroxylation is 3. The van der Waals surface area contributed by atoms with Crippen LogP contribution in [0.5, 0.6) is 0 Å². The molecule has 2 heterocycles. The molecule has 1 aromatic heterocycles. The van der Waals surface area contributed by atoms with Gasteiger partial charge in [0.05, 0.1) is 5.69 Å². The van der Waals surface area contributed by atoms with E-state index in [4.69, 9.17) is 9.90 Å². The number of hydrogen-bond donors (Lipinski definition) is 2. The quantitative estimate of drug-likeness (QED) is 0.532. The molecule has 1 fully saturated rings. The number of aliphatic carboxylic acids is 1. The number of halogens is 3. The van der Waals surface area contributed by atoms with E-state index in [9.17, 15) is 18.4 Å². The fourth-order valence-corrected chi connectivity index (χ4v) is 3.86. The molecule has 1 aromatic carbocycles. The molecule has 7 nitrogen and oxygen atoms in total. The molecule has 1 aliphatic heterocycles. The maximum atomic E-state index is 10.6. The van der Waals surface area contributed by atoms with E-state index < -0.39 is 12.1 Å². The number of nitrogens with one attached hydrogen (secondary N) is 1. The van der Waals surface area contributed by atoms with E-state index in [-0.39, 0.29) is 5.82 Å². The number of rotatable bonds is 8. The number of carboxylic acid groups (broad SMARTS) is 1. The van der Waals surface area contributed by atoms with Crippen LogP contribution in [0.25, 0.3) is 11.3 Å². The fraction of sp³-hybridized carbons (Fsp3) is 0.520. The molecule has 0 aliphatic carbocycles. The summed E-state index contributed by atoms with van der Waals surface area (Å²) in [6.45, 7) is 7.48. The summed E-state index contributed by atoms with van der Waals surface area (Å²) < 4.78 is 31.7. The number of aromatic nitrogens is 2. The number of carboxylic acids is 1. The molecule has 190 valence electrons. The molecule has 0 spiro atoms. The lowest BCUT2D eigenvalue weighted by atomic mass is 10.0. The molecule has 0 bridgehead atoms. The van der Waals surface area contributed by atoms with Crippen molar-refractivity contribution in [1.29, 1.82) is 5.26 Å². The van der Waals surface area contributed by atoms with Crippen molar-refractivity contribution in [1.82, 2.24) is 20.2 Å². The van der Waals surface area contributed by atoms with Gasteiger partial charge in [-0.3, -0.25) is 0 Å². The second-order valence-corrected chi connectivity index (χ2v) is 8.70. The molecule has 1 saturated heterocycles. The van der Waals surface area contributed by atoms with Gasteiger partial charge in [0.2, 0.25) is 5.82 Å². The van der Waals surface area contributed by atoms with E-state index in [1.165, 1.54) is 36.9 Å². The highest BCUT2D eigenvalue weighted by atomic mass is 19.4. The second-order valence-electron chi connectivity index (χ2n) is 8.70. The zero-order valence-corrected chi connectivity index (χ0v) is 20.3. The van der Waals surface area contributed by atoms with Gasteiger partial charge < -0.3 is 15.3 Å². The standard InChI is InChI=1S/C23H31N5.C2HF3O2/c1-17-8-9-19(14-18(17)2)22-15-20(26-23(16-24)27-22)6-4-11-25-12-10-21-7-5-13-28(21)3;3-2(4,5)1(6)7/h8-9,14-15,21,25H,4-7,10-13H2,1-3H3;(H,6,7). The molecule has 35 heavy (non-hydrogen) atoms. The van der Waals surface area contributed by atoms with E-state index in [0.29, 0.717) is 0 Å². The van der Waals surface area contributed by atoms with Crippen molar-refractivity contribution in [2.45, 2.75) is 58.2 Å². The maximum absolute atomic E-state index is 10.6. The summed E-state index contributed by atoms with van der Waals surface area (Å²) in [4.78, 5) is 20.2. The van der Waals surface area contributed by atoms with Crippen molar-refractivity contribution in [3.05, 3.63) is 46.9 Å². The smallest absolute Gasteiger partial charge is 0.475 e. The summed E-state index contributed by atoms with van der Waals surface area (Å²) in [7, 11) is 2.23. The van der Waals surface area contributed by atoms with Gasteiger partial charge in [0.25, 0.3) is 0 Å². The van der Waals surface area contributed by atoms with Gasteiger partial charge in [-0.05, 0) is 95.9 Å². The SMILES string of the molecule is Cc1ccc(-c2cc(CCCNCCC3CCCN3C)nc(C#N)n2)cc1C.O=C(O)C(F)(F)F. The van der Waals surface area contributed by atoms with Crippen molar-refractivity contribution in [3.8, 4) is 17.3 Å². The first kappa shape index (κ1) is 28.2. The largest absolute Gasteiger partial charge is 0.490 e. The van der Waals surface area contributed by atoms with Crippen LogP contribution < -0.4 is 5.32 Å². The molecule has 1 unspecified atom stereocenters. The van der Waals surface area contributed by atoms with Crippen molar-refractivity contribution in [2.24, 2.45) is 0 Å². The summed E-state index contributed by atoms with van der Waals surface area (Å²) in [6, 6.07) is 11.2. The number of likely N-dealkylation sites (tertiary alicyclic amines) is 1. The summed E-state index contributed by atoms with van der Waals surface area (Å²) in [6.07, 6.45) is 0.663. The predicted molar refractivity (Wildman–Crippen MR) is 127 cm³/mol. The zero-order chi connectivity index (χ0) is 26.0. The minimum absolute atomic E-state index is 0.253. The molecule has 1 aliphatic rings. The number of alkyl halides is 3. The van der Waals surface area contributed by atoms with Crippen LogP contribution in [-0.4, -0.2) is 64.8 Å². The van der Waals surface area contributed by atoms with E-state index >= 15 is 0 Å². The lowest BCUT2D eigenvalue weighted by Crippen LogP contribution is -2.29. The summed E-state index contributed by atoms with van der Waals surface area (Å²) in [5.74, 6) is -2.50. The molecule has 1 atom stereocenters. The summed E-state index contributed by atoms with van der Waals surface area (Å²) >= 11 is 0. The van der Waals surface area contributed by atoms with Gasteiger partial charge in [-0.2, -0.15) is 18.4 Å². The molecule has 2 aromatic rings.